The smallest absolute Gasteiger partial charge is 0.127 e. The first-order chi connectivity index (χ1) is 10.3. The van der Waals surface area contributed by atoms with Crippen LogP contribution in [0.5, 0.6) is 11.5 Å². The molecule has 0 aliphatic heterocycles. The fourth-order valence-corrected chi connectivity index (χ4v) is 2.01. The van der Waals surface area contributed by atoms with Crippen molar-refractivity contribution < 1.29 is 14.2 Å². The van der Waals surface area contributed by atoms with E-state index in [4.69, 9.17) is 14.2 Å². The van der Waals surface area contributed by atoms with Gasteiger partial charge in [-0.1, -0.05) is 13.0 Å². The third-order valence-electron chi connectivity index (χ3n) is 3.48. The van der Waals surface area contributed by atoms with Gasteiger partial charge in [0.2, 0.25) is 0 Å². The Morgan fingerprint density at radius 3 is 2.76 bits per heavy atom. The quantitative estimate of drug-likeness (QED) is 0.637. The van der Waals surface area contributed by atoms with E-state index in [2.05, 4.69) is 18.3 Å². The molecule has 2 rings (SSSR count). The van der Waals surface area contributed by atoms with Crippen molar-refractivity contribution in [1.82, 2.24) is 5.32 Å². The molecule has 0 saturated heterocycles. The van der Waals surface area contributed by atoms with Crippen LogP contribution in [0, 0.1) is 5.92 Å². The third-order valence-corrected chi connectivity index (χ3v) is 3.48. The van der Waals surface area contributed by atoms with Crippen LogP contribution in [0.2, 0.25) is 0 Å². The average molecular weight is 293 g/mol. The highest BCUT2D eigenvalue weighted by Crippen LogP contribution is 2.31. The molecule has 0 bridgehead atoms. The summed E-state index contributed by atoms with van der Waals surface area (Å²) in [5.74, 6) is 2.59. The molecule has 1 aliphatic rings. The number of rotatable bonds is 11. The zero-order valence-electron chi connectivity index (χ0n) is 13.2. The van der Waals surface area contributed by atoms with E-state index in [0.717, 1.165) is 56.7 Å². The summed E-state index contributed by atoms with van der Waals surface area (Å²) in [7, 11) is 1.71. The molecule has 21 heavy (non-hydrogen) atoms. The maximum Gasteiger partial charge on any atom is 0.127 e. The Morgan fingerprint density at radius 2 is 2.05 bits per heavy atom. The van der Waals surface area contributed by atoms with Crippen LogP contribution in [0.1, 0.15) is 31.7 Å². The lowest BCUT2D eigenvalue weighted by molar-refractivity contribution is 0.199. The van der Waals surface area contributed by atoms with Gasteiger partial charge in [-0.25, -0.2) is 0 Å². The van der Waals surface area contributed by atoms with Crippen molar-refractivity contribution in [3.8, 4) is 11.5 Å². The Hall–Kier alpha value is -1.26. The Balaban J connectivity index is 1.94. The predicted molar refractivity (Wildman–Crippen MR) is 84.0 cm³/mol. The predicted octanol–water partition coefficient (Wildman–Crippen LogP) is 3.00. The molecule has 1 aromatic carbocycles. The first kappa shape index (κ1) is 16.1. The van der Waals surface area contributed by atoms with E-state index >= 15 is 0 Å². The summed E-state index contributed by atoms with van der Waals surface area (Å²) in [5, 5.41) is 3.36. The van der Waals surface area contributed by atoms with Crippen molar-refractivity contribution in [1.29, 1.82) is 0 Å². The minimum Gasteiger partial charge on any atom is -0.493 e. The van der Waals surface area contributed by atoms with Crippen molar-refractivity contribution in [3.05, 3.63) is 23.8 Å². The molecule has 0 unspecified atom stereocenters. The van der Waals surface area contributed by atoms with Gasteiger partial charge in [0.05, 0.1) is 19.8 Å². The summed E-state index contributed by atoms with van der Waals surface area (Å²) in [5.41, 5.74) is 1.18. The maximum atomic E-state index is 5.99. The lowest BCUT2D eigenvalue weighted by Gasteiger charge is -2.14. The zero-order chi connectivity index (χ0) is 14.9. The van der Waals surface area contributed by atoms with Crippen molar-refractivity contribution in [2.75, 3.05) is 33.5 Å². The molecule has 0 radical (unpaired) electrons. The minimum atomic E-state index is 0.718. The maximum absolute atomic E-state index is 5.99. The van der Waals surface area contributed by atoms with Crippen LogP contribution in [0.15, 0.2) is 18.2 Å². The van der Waals surface area contributed by atoms with Crippen LogP contribution in [0.4, 0.5) is 0 Å². The first-order valence-corrected chi connectivity index (χ1v) is 7.91. The van der Waals surface area contributed by atoms with E-state index in [9.17, 15) is 0 Å². The third kappa shape index (κ3) is 5.94. The van der Waals surface area contributed by atoms with E-state index in [0.29, 0.717) is 0 Å². The van der Waals surface area contributed by atoms with Gasteiger partial charge in [-0.3, -0.25) is 0 Å². The molecule has 0 aromatic heterocycles. The molecule has 1 saturated carbocycles. The van der Waals surface area contributed by atoms with Crippen LogP contribution in [0.3, 0.4) is 0 Å². The molecule has 4 heteroatoms. The minimum absolute atomic E-state index is 0.718. The SMILES string of the molecule is CCCOc1ccc(CNCCOC)c(OCC2CC2)c1. The van der Waals surface area contributed by atoms with Gasteiger partial charge in [-0.05, 0) is 31.2 Å². The molecule has 1 aliphatic carbocycles. The Bertz CT molecular complexity index is 418. The topological polar surface area (TPSA) is 39.7 Å². The number of methoxy groups -OCH3 is 1. The van der Waals surface area contributed by atoms with Crippen molar-refractivity contribution in [2.24, 2.45) is 5.92 Å². The van der Waals surface area contributed by atoms with Crippen LogP contribution >= 0.6 is 0 Å². The van der Waals surface area contributed by atoms with Crippen LogP contribution in [0.25, 0.3) is 0 Å². The van der Waals surface area contributed by atoms with Gasteiger partial charge in [0, 0.05) is 31.8 Å². The summed E-state index contributed by atoms with van der Waals surface area (Å²) in [6, 6.07) is 6.13. The van der Waals surface area contributed by atoms with Crippen LogP contribution in [-0.2, 0) is 11.3 Å². The number of hydrogen-bond donors (Lipinski definition) is 1. The fraction of sp³-hybridized carbons (Fsp3) is 0.647. The molecule has 0 heterocycles. The summed E-state index contributed by atoms with van der Waals surface area (Å²) >= 11 is 0. The van der Waals surface area contributed by atoms with Gasteiger partial charge in [0.25, 0.3) is 0 Å². The molecule has 1 N–H and O–H groups in total. The fourth-order valence-electron chi connectivity index (χ4n) is 2.01. The van der Waals surface area contributed by atoms with E-state index < -0.39 is 0 Å². The number of ether oxygens (including phenoxy) is 3. The summed E-state index contributed by atoms with van der Waals surface area (Å²) in [6.45, 7) is 6.02. The first-order valence-electron chi connectivity index (χ1n) is 7.91. The van der Waals surface area contributed by atoms with E-state index in [1.54, 1.807) is 7.11 Å². The standard InChI is InChI=1S/C17H27NO3/c1-3-9-20-16-7-6-15(12-18-8-10-19-2)17(11-16)21-13-14-4-5-14/h6-7,11,14,18H,3-5,8-10,12-13H2,1-2H3. The Labute approximate surface area is 127 Å². The molecule has 1 aromatic rings. The van der Waals surface area contributed by atoms with E-state index in [1.165, 1.54) is 18.4 Å². The molecular weight excluding hydrogens is 266 g/mol. The van der Waals surface area contributed by atoms with E-state index in [-0.39, 0.29) is 0 Å². The lowest BCUT2D eigenvalue weighted by atomic mass is 10.2. The highest BCUT2D eigenvalue weighted by atomic mass is 16.5. The second kappa shape index (κ2) is 8.90. The second-order valence-corrected chi connectivity index (χ2v) is 5.54. The molecule has 0 atom stereocenters. The monoisotopic (exact) mass is 293 g/mol. The summed E-state index contributed by atoms with van der Waals surface area (Å²) < 4.78 is 16.7. The molecule has 118 valence electrons. The number of nitrogens with one attached hydrogen (secondary N) is 1. The second-order valence-electron chi connectivity index (χ2n) is 5.54. The Morgan fingerprint density at radius 1 is 1.19 bits per heavy atom. The summed E-state index contributed by atoms with van der Waals surface area (Å²) in [6.07, 6.45) is 3.61. The summed E-state index contributed by atoms with van der Waals surface area (Å²) in [4.78, 5) is 0. The van der Waals surface area contributed by atoms with Gasteiger partial charge < -0.3 is 19.5 Å². The van der Waals surface area contributed by atoms with Crippen LogP contribution in [-0.4, -0.2) is 33.5 Å². The zero-order valence-corrected chi connectivity index (χ0v) is 13.2. The molecule has 0 amide bonds. The molecule has 1 fully saturated rings. The lowest BCUT2D eigenvalue weighted by Crippen LogP contribution is -2.19. The van der Waals surface area contributed by atoms with Gasteiger partial charge in [-0.2, -0.15) is 0 Å². The van der Waals surface area contributed by atoms with Crippen LogP contribution < -0.4 is 14.8 Å². The average Bonchev–Trinajstić information content (AvgIpc) is 3.33. The molecular formula is C17H27NO3. The van der Waals surface area contributed by atoms with E-state index in [1.807, 2.05) is 12.1 Å². The van der Waals surface area contributed by atoms with Crippen molar-refractivity contribution in [3.63, 3.8) is 0 Å². The van der Waals surface area contributed by atoms with Crippen molar-refractivity contribution in [2.45, 2.75) is 32.7 Å². The molecule has 4 nitrogen and oxygen atoms in total. The highest BCUT2D eigenvalue weighted by molar-refractivity contribution is 5.40. The molecule has 0 spiro atoms. The normalized spacial score (nSPS) is 14.2. The van der Waals surface area contributed by atoms with Gasteiger partial charge in [0.15, 0.2) is 0 Å². The van der Waals surface area contributed by atoms with Crippen molar-refractivity contribution >= 4 is 0 Å². The largest absolute Gasteiger partial charge is 0.493 e. The number of benzene rings is 1. The van der Waals surface area contributed by atoms with Gasteiger partial charge in [-0.15, -0.1) is 0 Å². The van der Waals surface area contributed by atoms with Gasteiger partial charge in [0.1, 0.15) is 11.5 Å². The highest BCUT2D eigenvalue weighted by Gasteiger charge is 2.22. The Kier molecular flexibility index (Phi) is 6.83. The number of hydrogen-bond acceptors (Lipinski definition) is 4. The van der Waals surface area contributed by atoms with Gasteiger partial charge >= 0.3 is 0 Å².